The number of hydrogen-bond acceptors (Lipinski definition) is 3. The molecule has 18 heavy (non-hydrogen) atoms. The first-order chi connectivity index (χ1) is 8.65. The van der Waals surface area contributed by atoms with Gasteiger partial charge in [0.1, 0.15) is 5.69 Å². The summed E-state index contributed by atoms with van der Waals surface area (Å²) in [6.07, 6.45) is 1.55. The predicted octanol–water partition coefficient (Wildman–Crippen LogP) is 2.45. The largest absolute Gasteiger partial charge is 0.381 e. The first kappa shape index (κ1) is 12.4. The Morgan fingerprint density at radius 3 is 2.67 bits per heavy atom. The SMILES string of the molecule is NC(=O)c1cc(NCc2ccc(Cl)cc2)ccn1. The van der Waals surface area contributed by atoms with Crippen molar-refractivity contribution in [2.45, 2.75) is 6.54 Å². The molecule has 1 heterocycles. The molecule has 0 saturated heterocycles. The maximum absolute atomic E-state index is 11.0. The first-order valence-electron chi connectivity index (χ1n) is 5.39. The van der Waals surface area contributed by atoms with Crippen LogP contribution in [-0.4, -0.2) is 10.9 Å². The molecule has 5 heteroatoms. The van der Waals surface area contributed by atoms with Gasteiger partial charge in [-0.05, 0) is 29.8 Å². The summed E-state index contributed by atoms with van der Waals surface area (Å²) in [5.74, 6) is -0.537. The summed E-state index contributed by atoms with van der Waals surface area (Å²) < 4.78 is 0. The summed E-state index contributed by atoms with van der Waals surface area (Å²) in [5.41, 5.74) is 7.30. The number of nitrogens with two attached hydrogens (primary N) is 1. The van der Waals surface area contributed by atoms with Gasteiger partial charge in [-0.2, -0.15) is 0 Å². The van der Waals surface area contributed by atoms with E-state index in [1.807, 2.05) is 24.3 Å². The van der Waals surface area contributed by atoms with Gasteiger partial charge in [-0.3, -0.25) is 9.78 Å². The number of primary amides is 1. The first-order valence-corrected chi connectivity index (χ1v) is 5.77. The van der Waals surface area contributed by atoms with Crippen molar-refractivity contribution >= 4 is 23.2 Å². The van der Waals surface area contributed by atoms with Gasteiger partial charge < -0.3 is 11.1 Å². The van der Waals surface area contributed by atoms with Crippen LogP contribution in [-0.2, 0) is 6.54 Å². The number of amides is 1. The topological polar surface area (TPSA) is 68.0 Å². The Hall–Kier alpha value is -2.07. The van der Waals surface area contributed by atoms with Crippen LogP contribution in [0.1, 0.15) is 16.1 Å². The Morgan fingerprint density at radius 1 is 1.28 bits per heavy atom. The number of pyridine rings is 1. The molecule has 1 amide bonds. The van der Waals surface area contributed by atoms with Crippen LogP contribution in [0.25, 0.3) is 0 Å². The zero-order chi connectivity index (χ0) is 13.0. The molecule has 0 aliphatic heterocycles. The fourth-order valence-electron chi connectivity index (χ4n) is 1.48. The molecule has 0 aliphatic rings. The van der Waals surface area contributed by atoms with E-state index in [0.717, 1.165) is 11.3 Å². The van der Waals surface area contributed by atoms with E-state index in [4.69, 9.17) is 17.3 Å². The van der Waals surface area contributed by atoms with Crippen LogP contribution in [0.5, 0.6) is 0 Å². The zero-order valence-corrected chi connectivity index (χ0v) is 10.3. The molecule has 2 aromatic rings. The molecular formula is C13H12ClN3O. The fourth-order valence-corrected chi connectivity index (χ4v) is 1.61. The van der Waals surface area contributed by atoms with Gasteiger partial charge in [0.2, 0.25) is 0 Å². The minimum atomic E-state index is -0.537. The van der Waals surface area contributed by atoms with Gasteiger partial charge in [-0.1, -0.05) is 23.7 Å². The second-order valence-corrected chi connectivity index (χ2v) is 4.21. The number of nitrogens with one attached hydrogen (secondary N) is 1. The monoisotopic (exact) mass is 261 g/mol. The van der Waals surface area contributed by atoms with Gasteiger partial charge in [-0.25, -0.2) is 0 Å². The van der Waals surface area contributed by atoms with Gasteiger partial charge in [0.25, 0.3) is 5.91 Å². The second-order valence-electron chi connectivity index (χ2n) is 3.77. The van der Waals surface area contributed by atoms with E-state index in [9.17, 15) is 4.79 Å². The number of benzene rings is 1. The van der Waals surface area contributed by atoms with Gasteiger partial charge >= 0.3 is 0 Å². The van der Waals surface area contributed by atoms with Crippen LogP contribution in [0.15, 0.2) is 42.6 Å². The molecule has 0 bridgehead atoms. The molecule has 1 aromatic heterocycles. The Labute approximate surface area is 110 Å². The number of carbonyl (C=O) groups is 1. The van der Waals surface area contributed by atoms with Gasteiger partial charge in [0, 0.05) is 23.5 Å². The summed E-state index contributed by atoms with van der Waals surface area (Å²) in [6.45, 7) is 0.638. The number of aromatic nitrogens is 1. The lowest BCUT2D eigenvalue weighted by Crippen LogP contribution is -2.13. The lowest BCUT2D eigenvalue weighted by atomic mass is 10.2. The lowest BCUT2D eigenvalue weighted by molar-refractivity contribution is 0.0995. The van der Waals surface area contributed by atoms with Crippen LogP contribution in [0.3, 0.4) is 0 Å². The van der Waals surface area contributed by atoms with Gasteiger partial charge in [-0.15, -0.1) is 0 Å². The smallest absolute Gasteiger partial charge is 0.267 e. The minimum absolute atomic E-state index is 0.246. The molecule has 0 atom stereocenters. The molecule has 0 unspecified atom stereocenters. The average molecular weight is 262 g/mol. The van der Waals surface area contributed by atoms with E-state index in [2.05, 4.69) is 10.3 Å². The normalized spacial score (nSPS) is 10.1. The number of halogens is 1. The van der Waals surface area contributed by atoms with Crippen molar-refractivity contribution in [3.05, 3.63) is 58.9 Å². The van der Waals surface area contributed by atoms with Gasteiger partial charge in [0.05, 0.1) is 0 Å². The Bertz CT molecular complexity index is 554. The van der Waals surface area contributed by atoms with Crippen molar-refractivity contribution in [3.63, 3.8) is 0 Å². The van der Waals surface area contributed by atoms with Gasteiger partial charge in [0.15, 0.2) is 0 Å². The third kappa shape index (κ3) is 3.21. The maximum Gasteiger partial charge on any atom is 0.267 e. The molecule has 92 valence electrons. The lowest BCUT2D eigenvalue weighted by Gasteiger charge is -2.07. The highest BCUT2D eigenvalue weighted by Crippen LogP contribution is 2.12. The minimum Gasteiger partial charge on any atom is -0.381 e. The van der Waals surface area contributed by atoms with E-state index in [1.54, 1.807) is 18.3 Å². The van der Waals surface area contributed by atoms with Crippen molar-refractivity contribution in [1.29, 1.82) is 0 Å². The van der Waals surface area contributed by atoms with Crippen LogP contribution in [0.4, 0.5) is 5.69 Å². The number of rotatable bonds is 4. The molecule has 0 fully saturated rings. The van der Waals surface area contributed by atoms with E-state index in [1.165, 1.54) is 0 Å². The highest BCUT2D eigenvalue weighted by molar-refractivity contribution is 6.30. The van der Waals surface area contributed by atoms with Crippen LogP contribution < -0.4 is 11.1 Å². The maximum atomic E-state index is 11.0. The van der Waals surface area contributed by atoms with Crippen LogP contribution in [0.2, 0.25) is 5.02 Å². The summed E-state index contributed by atoms with van der Waals surface area (Å²) in [6, 6.07) is 10.9. The average Bonchev–Trinajstić information content (AvgIpc) is 2.38. The summed E-state index contributed by atoms with van der Waals surface area (Å²) in [5, 5.41) is 3.89. The predicted molar refractivity (Wildman–Crippen MR) is 71.5 cm³/mol. The van der Waals surface area contributed by atoms with Crippen molar-refractivity contribution < 1.29 is 4.79 Å². The quantitative estimate of drug-likeness (QED) is 0.888. The van der Waals surface area contributed by atoms with E-state index in [-0.39, 0.29) is 5.69 Å². The molecule has 4 nitrogen and oxygen atoms in total. The van der Waals surface area contributed by atoms with E-state index >= 15 is 0 Å². The Balaban J connectivity index is 2.04. The molecule has 1 aromatic carbocycles. The molecule has 0 saturated carbocycles. The number of carbonyl (C=O) groups excluding carboxylic acids is 1. The van der Waals surface area contributed by atoms with Crippen molar-refractivity contribution in [1.82, 2.24) is 4.98 Å². The Kier molecular flexibility index (Phi) is 3.79. The molecular weight excluding hydrogens is 250 g/mol. The van der Waals surface area contributed by atoms with Crippen molar-refractivity contribution in [3.8, 4) is 0 Å². The third-order valence-corrected chi connectivity index (χ3v) is 2.67. The molecule has 0 radical (unpaired) electrons. The summed E-state index contributed by atoms with van der Waals surface area (Å²) in [7, 11) is 0. The highest BCUT2D eigenvalue weighted by atomic mass is 35.5. The number of hydrogen-bond donors (Lipinski definition) is 2. The van der Waals surface area contributed by atoms with Crippen molar-refractivity contribution in [2.75, 3.05) is 5.32 Å². The van der Waals surface area contributed by atoms with Crippen LogP contribution in [0, 0.1) is 0 Å². The second kappa shape index (κ2) is 5.51. The number of anilines is 1. The molecule has 0 spiro atoms. The highest BCUT2D eigenvalue weighted by Gasteiger charge is 2.02. The van der Waals surface area contributed by atoms with Crippen LogP contribution >= 0.6 is 11.6 Å². The molecule has 2 rings (SSSR count). The molecule has 3 N–H and O–H groups in total. The van der Waals surface area contributed by atoms with E-state index in [0.29, 0.717) is 11.6 Å². The fraction of sp³-hybridized carbons (Fsp3) is 0.0769. The standard InChI is InChI=1S/C13H12ClN3O/c14-10-3-1-9(2-4-10)8-17-11-5-6-16-12(7-11)13(15)18/h1-7H,8H2,(H2,15,18)(H,16,17). The summed E-state index contributed by atoms with van der Waals surface area (Å²) in [4.78, 5) is 14.9. The summed E-state index contributed by atoms with van der Waals surface area (Å²) >= 11 is 5.80. The van der Waals surface area contributed by atoms with E-state index < -0.39 is 5.91 Å². The molecule has 0 aliphatic carbocycles. The number of nitrogens with zero attached hydrogens (tertiary/aromatic N) is 1. The Morgan fingerprint density at radius 2 is 2.00 bits per heavy atom. The zero-order valence-electron chi connectivity index (χ0n) is 9.56. The van der Waals surface area contributed by atoms with Crippen molar-refractivity contribution in [2.24, 2.45) is 5.73 Å². The third-order valence-electron chi connectivity index (χ3n) is 2.42.